The van der Waals surface area contributed by atoms with Gasteiger partial charge in [0.25, 0.3) is 0 Å². The zero-order valence-corrected chi connectivity index (χ0v) is 16.8. The number of thioether (sulfide) groups is 1. The van der Waals surface area contributed by atoms with Crippen LogP contribution in [0.15, 0.2) is 29.6 Å². The number of nitrogens with one attached hydrogen (secondary N) is 1. The standard InChI is InChI=1S/C16H20N2O10S2/c19-6-10-13(21)14(22)15(23)16(27-10)29-11(18-28-30(24,25)26)4-7-5-17-8-2-1-3-9(20)12(7)8/h1-3,5,10,13-17,19-23H,4,6H2,(H,24,25,26)/p-1. The van der Waals surface area contributed by atoms with Crippen molar-refractivity contribution in [2.75, 3.05) is 6.61 Å². The first-order chi connectivity index (χ1) is 14.1. The highest BCUT2D eigenvalue weighted by Crippen LogP contribution is 2.32. The van der Waals surface area contributed by atoms with Gasteiger partial charge in [0.1, 0.15) is 34.9 Å². The molecule has 5 unspecified atom stereocenters. The van der Waals surface area contributed by atoms with E-state index in [-0.39, 0.29) is 17.2 Å². The van der Waals surface area contributed by atoms with Gasteiger partial charge in [-0.15, -0.1) is 0 Å². The first-order valence-electron chi connectivity index (χ1n) is 8.56. The predicted molar refractivity (Wildman–Crippen MR) is 103 cm³/mol. The lowest BCUT2D eigenvalue weighted by molar-refractivity contribution is -0.265. The largest absolute Gasteiger partial charge is 0.872 e. The third-order valence-electron chi connectivity index (χ3n) is 4.42. The number of hydrogen-bond donors (Lipinski definition) is 6. The third kappa shape index (κ3) is 5.04. The molecule has 0 saturated carbocycles. The molecule has 6 N–H and O–H groups in total. The number of hydrogen-bond acceptors (Lipinski definition) is 11. The fourth-order valence-corrected chi connectivity index (χ4v) is 4.32. The zero-order valence-electron chi connectivity index (χ0n) is 15.2. The summed E-state index contributed by atoms with van der Waals surface area (Å²) >= 11 is 0.631. The molecule has 1 aromatic heterocycles. The van der Waals surface area contributed by atoms with Crippen molar-refractivity contribution in [1.29, 1.82) is 0 Å². The fraction of sp³-hybridized carbons (Fsp3) is 0.438. The van der Waals surface area contributed by atoms with Crippen LogP contribution in [0.25, 0.3) is 10.9 Å². The van der Waals surface area contributed by atoms with Crippen molar-refractivity contribution in [1.82, 2.24) is 4.98 Å². The number of benzene rings is 1. The van der Waals surface area contributed by atoms with Crippen molar-refractivity contribution in [3.05, 3.63) is 30.0 Å². The molecular weight excluding hydrogens is 444 g/mol. The lowest BCUT2D eigenvalue weighted by Gasteiger charge is -2.39. The molecule has 3 rings (SSSR count). The molecule has 0 aliphatic carbocycles. The van der Waals surface area contributed by atoms with E-state index in [4.69, 9.17) is 9.29 Å². The van der Waals surface area contributed by atoms with Gasteiger partial charge in [0.05, 0.1) is 6.61 Å². The Bertz CT molecular complexity index is 1020. The molecule has 0 amide bonds. The van der Waals surface area contributed by atoms with E-state index in [0.717, 1.165) is 0 Å². The Morgan fingerprint density at radius 1 is 1.27 bits per heavy atom. The molecule has 1 aliphatic rings. The molecular formula is C16H19N2O10S2-. The fourth-order valence-electron chi connectivity index (χ4n) is 3.00. The summed E-state index contributed by atoms with van der Waals surface area (Å²) in [5.41, 5.74) is -0.322. The Kier molecular flexibility index (Phi) is 6.88. The van der Waals surface area contributed by atoms with E-state index in [2.05, 4.69) is 14.4 Å². The van der Waals surface area contributed by atoms with E-state index in [1.54, 1.807) is 12.1 Å². The van der Waals surface area contributed by atoms with Crippen molar-refractivity contribution >= 4 is 38.1 Å². The number of aromatic nitrogens is 1. The number of nitrogens with zero attached hydrogens (tertiary/aromatic N) is 1. The molecule has 14 heteroatoms. The molecule has 5 atom stereocenters. The summed E-state index contributed by atoms with van der Waals surface area (Å²) in [5.74, 6) is -0.295. The lowest BCUT2D eigenvalue weighted by atomic mass is 10.0. The summed E-state index contributed by atoms with van der Waals surface area (Å²) in [5, 5.41) is 55.0. The zero-order chi connectivity index (χ0) is 22.1. The normalized spacial score (nSPS) is 28.0. The Morgan fingerprint density at radius 3 is 2.67 bits per heavy atom. The monoisotopic (exact) mass is 463 g/mol. The Balaban J connectivity index is 1.89. The molecule has 1 aromatic carbocycles. The molecule has 0 radical (unpaired) electrons. The molecule has 1 saturated heterocycles. The summed E-state index contributed by atoms with van der Waals surface area (Å²) < 4.78 is 40.1. The summed E-state index contributed by atoms with van der Waals surface area (Å²) in [6.07, 6.45) is -4.70. The van der Waals surface area contributed by atoms with Gasteiger partial charge in [0, 0.05) is 18.1 Å². The predicted octanol–water partition coefficient (Wildman–Crippen LogP) is -1.55. The molecule has 1 fully saturated rings. The molecule has 166 valence electrons. The van der Waals surface area contributed by atoms with Crippen LogP contribution in [-0.2, 0) is 25.8 Å². The van der Waals surface area contributed by atoms with Gasteiger partial charge in [-0.2, -0.15) is 8.42 Å². The smallest absolute Gasteiger partial charge is 0.466 e. The van der Waals surface area contributed by atoms with Gasteiger partial charge in [-0.3, -0.25) is 4.55 Å². The van der Waals surface area contributed by atoms with Crippen LogP contribution in [0.2, 0.25) is 0 Å². The molecule has 1 aliphatic heterocycles. The third-order valence-corrected chi connectivity index (χ3v) is 5.80. The second-order valence-corrected chi connectivity index (χ2v) is 8.65. The minimum atomic E-state index is -4.94. The first kappa shape index (κ1) is 22.8. The number of oxime groups is 1. The minimum Gasteiger partial charge on any atom is -0.872 e. The van der Waals surface area contributed by atoms with Crippen LogP contribution in [0.4, 0.5) is 0 Å². The maximum absolute atomic E-state index is 12.2. The van der Waals surface area contributed by atoms with Crippen molar-refractivity contribution in [2.24, 2.45) is 5.16 Å². The van der Waals surface area contributed by atoms with Crippen LogP contribution in [0.3, 0.4) is 0 Å². The summed E-state index contributed by atoms with van der Waals surface area (Å²) in [7, 11) is -4.94. The van der Waals surface area contributed by atoms with Crippen LogP contribution >= 0.6 is 11.8 Å². The number of aliphatic hydroxyl groups is 4. The number of aliphatic hydroxyl groups excluding tert-OH is 4. The molecule has 2 heterocycles. The van der Waals surface area contributed by atoms with Crippen LogP contribution < -0.4 is 5.11 Å². The molecule has 2 aromatic rings. The highest BCUT2D eigenvalue weighted by Gasteiger charge is 2.44. The molecule has 0 spiro atoms. The number of ether oxygens (including phenoxy) is 1. The van der Waals surface area contributed by atoms with Gasteiger partial charge in [0.15, 0.2) is 0 Å². The van der Waals surface area contributed by atoms with Gasteiger partial charge in [-0.25, -0.2) is 4.28 Å². The quantitative estimate of drug-likeness (QED) is 0.125. The summed E-state index contributed by atoms with van der Waals surface area (Å²) in [4.78, 5) is 2.89. The van der Waals surface area contributed by atoms with Gasteiger partial charge < -0.3 is 35.3 Å². The van der Waals surface area contributed by atoms with Crippen molar-refractivity contribution in [2.45, 2.75) is 36.3 Å². The minimum absolute atomic E-state index is 0.138. The Hall–Kier alpha value is -1.91. The van der Waals surface area contributed by atoms with E-state index >= 15 is 0 Å². The Labute approximate surface area is 174 Å². The van der Waals surface area contributed by atoms with Gasteiger partial charge in [0.2, 0.25) is 0 Å². The second-order valence-electron chi connectivity index (χ2n) is 6.47. The van der Waals surface area contributed by atoms with Crippen molar-refractivity contribution in [3.8, 4) is 5.75 Å². The van der Waals surface area contributed by atoms with Gasteiger partial charge in [-0.1, -0.05) is 34.8 Å². The van der Waals surface area contributed by atoms with E-state index in [9.17, 15) is 34.0 Å². The topological polar surface area (TPSA) is 205 Å². The van der Waals surface area contributed by atoms with E-state index < -0.39 is 46.9 Å². The number of H-pyrrole nitrogens is 1. The van der Waals surface area contributed by atoms with Crippen LogP contribution in [-0.4, -0.2) is 79.9 Å². The van der Waals surface area contributed by atoms with Gasteiger partial charge >= 0.3 is 10.4 Å². The molecule has 12 nitrogen and oxygen atoms in total. The SMILES string of the molecule is O=S(=O)(O)ON=C(Cc1c[nH]c2cccc([O-])c12)SC1OC(CO)C(O)C(O)C1O. The average Bonchev–Trinajstić information content (AvgIpc) is 3.10. The van der Waals surface area contributed by atoms with E-state index in [1.807, 2.05) is 0 Å². The highest BCUT2D eigenvalue weighted by molar-refractivity contribution is 8.14. The van der Waals surface area contributed by atoms with Gasteiger partial charge in [-0.05, 0) is 17.0 Å². The second kappa shape index (κ2) is 9.07. The average molecular weight is 463 g/mol. The van der Waals surface area contributed by atoms with Crippen LogP contribution in [0, 0.1) is 0 Å². The number of fused-ring (bicyclic) bond motifs is 1. The number of aromatic amines is 1. The lowest BCUT2D eigenvalue weighted by Crippen LogP contribution is -2.57. The van der Waals surface area contributed by atoms with Crippen molar-refractivity contribution < 1.29 is 47.5 Å². The maximum atomic E-state index is 12.2. The highest BCUT2D eigenvalue weighted by atomic mass is 32.3. The van der Waals surface area contributed by atoms with E-state index in [0.29, 0.717) is 28.2 Å². The molecule has 0 bridgehead atoms. The van der Waals surface area contributed by atoms with Crippen molar-refractivity contribution in [3.63, 3.8) is 0 Å². The summed E-state index contributed by atoms with van der Waals surface area (Å²) in [6, 6.07) is 4.57. The van der Waals surface area contributed by atoms with Crippen LogP contribution in [0.1, 0.15) is 5.56 Å². The van der Waals surface area contributed by atoms with E-state index in [1.165, 1.54) is 12.3 Å². The number of rotatable bonds is 6. The Morgan fingerprint density at radius 2 is 2.00 bits per heavy atom. The first-order valence-corrected chi connectivity index (χ1v) is 10.8. The maximum Gasteiger partial charge on any atom is 0.466 e. The van der Waals surface area contributed by atoms with Crippen LogP contribution in [0.5, 0.6) is 5.75 Å². The molecule has 30 heavy (non-hydrogen) atoms. The summed E-state index contributed by atoms with van der Waals surface area (Å²) in [6.45, 7) is -0.655.